The molecule has 0 atom stereocenters. The Morgan fingerprint density at radius 2 is 2.05 bits per heavy atom. The zero-order valence-electron chi connectivity index (χ0n) is 13.1. The van der Waals surface area contributed by atoms with Gasteiger partial charge in [-0.3, -0.25) is 9.69 Å². The van der Waals surface area contributed by atoms with Crippen molar-refractivity contribution in [2.75, 3.05) is 53.0 Å². The van der Waals surface area contributed by atoms with E-state index in [1.807, 2.05) is 0 Å². The van der Waals surface area contributed by atoms with Crippen molar-refractivity contribution in [1.29, 1.82) is 0 Å². The Balaban J connectivity index is 2.05. The molecule has 1 rings (SSSR count). The third kappa shape index (κ3) is 7.82. The largest absolute Gasteiger partial charge is 0.383 e. The van der Waals surface area contributed by atoms with Gasteiger partial charge in [0.05, 0.1) is 13.2 Å². The molecule has 0 aromatic carbocycles. The number of nitrogens with one attached hydrogen (secondary N) is 2. The lowest BCUT2D eigenvalue weighted by Gasteiger charge is -2.31. The van der Waals surface area contributed by atoms with Crippen molar-refractivity contribution in [3.63, 3.8) is 0 Å². The fourth-order valence-corrected chi connectivity index (χ4v) is 2.49. The second-order valence-electron chi connectivity index (χ2n) is 5.62. The molecule has 0 radical (unpaired) electrons. The third-order valence-electron chi connectivity index (χ3n) is 3.84. The highest BCUT2D eigenvalue weighted by Crippen LogP contribution is 2.15. The van der Waals surface area contributed by atoms with Gasteiger partial charge in [-0.15, -0.1) is 0 Å². The molecule has 118 valence electrons. The molecule has 0 aromatic rings. The highest BCUT2D eigenvalue weighted by molar-refractivity contribution is 5.77. The lowest BCUT2D eigenvalue weighted by atomic mass is 9.97. The van der Waals surface area contributed by atoms with Gasteiger partial charge in [-0.25, -0.2) is 0 Å². The van der Waals surface area contributed by atoms with Crippen molar-refractivity contribution < 1.29 is 9.53 Å². The molecule has 1 heterocycles. The summed E-state index contributed by atoms with van der Waals surface area (Å²) in [6.45, 7) is 8.36. The number of piperidine rings is 1. The maximum absolute atomic E-state index is 11.7. The van der Waals surface area contributed by atoms with Crippen LogP contribution in [-0.4, -0.2) is 63.8 Å². The van der Waals surface area contributed by atoms with Crippen LogP contribution in [0.3, 0.4) is 0 Å². The molecule has 0 saturated carbocycles. The quantitative estimate of drug-likeness (QED) is 0.584. The van der Waals surface area contributed by atoms with Gasteiger partial charge in [-0.05, 0) is 44.8 Å². The standard InChI is InChI=1S/C15H31N3O2/c1-3-4-7-17-15(19)13-18-9-5-14(6-10-18)12-16-8-11-20-2/h14,16H,3-13H2,1-2H3,(H,17,19). The van der Waals surface area contributed by atoms with Gasteiger partial charge >= 0.3 is 0 Å². The summed E-state index contributed by atoms with van der Waals surface area (Å²) >= 11 is 0. The summed E-state index contributed by atoms with van der Waals surface area (Å²) in [7, 11) is 1.73. The fourth-order valence-electron chi connectivity index (χ4n) is 2.49. The number of nitrogens with zero attached hydrogens (tertiary/aromatic N) is 1. The molecule has 1 aliphatic rings. The van der Waals surface area contributed by atoms with Gasteiger partial charge in [0.15, 0.2) is 0 Å². The molecule has 1 saturated heterocycles. The molecule has 5 nitrogen and oxygen atoms in total. The Morgan fingerprint density at radius 3 is 2.70 bits per heavy atom. The highest BCUT2D eigenvalue weighted by Gasteiger charge is 2.20. The van der Waals surface area contributed by atoms with E-state index in [1.165, 1.54) is 12.8 Å². The van der Waals surface area contributed by atoms with Crippen molar-refractivity contribution in [2.24, 2.45) is 5.92 Å². The molecule has 2 N–H and O–H groups in total. The van der Waals surface area contributed by atoms with E-state index in [9.17, 15) is 4.79 Å². The van der Waals surface area contributed by atoms with Crippen LogP contribution in [0.2, 0.25) is 0 Å². The van der Waals surface area contributed by atoms with Crippen LogP contribution in [0.1, 0.15) is 32.6 Å². The SMILES string of the molecule is CCCCNC(=O)CN1CCC(CNCCOC)CC1. The summed E-state index contributed by atoms with van der Waals surface area (Å²) in [4.78, 5) is 14.0. The minimum Gasteiger partial charge on any atom is -0.383 e. The predicted molar refractivity (Wildman–Crippen MR) is 81.8 cm³/mol. The molecule has 1 aliphatic heterocycles. The number of carbonyl (C=O) groups is 1. The Morgan fingerprint density at radius 1 is 1.30 bits per heavy atom. The van der Waals surface area contributed by atoms with Gasteiger partial charge < -0.3 is 15.4 Å². The Labute approximate surface area is 123 Å². The first-order chi connectivity index (χ1) is 9.76. The number of carbonyl (C=O) groups excluding carboxylic acids is 1. The second kappa shape index (κ2) is 11.1. The van der Waals surface area contributed by atoms with Crippen LogP contribution in [0, 0.1) is 5.92 Å². The fraction of sp³-hybridized carbons (Fsp3) is 0.933. The topological polar surface area (TPSA) is 53.6 Å². The summed E-state index contributed by atoms with van der Waals surface area (Å²) < 4.78 is 5.02. The van der Waals surface area contributed by atoms with Crippen molar-refractivity contribution in [3.8, 4) is 0 Å². The van der Waals surface area contributed by atoms with Crippen molar-refractivity contribution in [1.82, 2.24) is 15.5 Å². The molecule has 0 aliphatic carbocycles. The number of likely N-dealkylation sites (tertiary alicyclic amines) is 1. The van der Waals surface area contributed by atoms with Crippen LogP contribution >= 0.6 is 0 Å². The van der Waals surface area contributed by atoms with E-state index < -0.39 is 0 Å². The van der Waals surface area contributed by atoms with E-state index >= 15 is 0 Å². The first kappa shape index (κ1) is 17.4. The van der Waals surface area contributed by atoms with E-state index in [0.717, 1.165) is 58.1 Å². The molecule has 1 fully saturated rings. The normalized spacial score (nSPS) is 17.3. The third-order valence-corrected chi connectivity index (χ3v) is 3.84. The number of amides is 1. The average molecular weight is 285 g/mol. The number of methoxy groups -OCH3 is 1. The van der Waals surface area contributed by atoms with E-state index in [4.69, 9.17) is 4.74 Å². The summed E-state index contributed by atoms with van der Waals surface area (Å²) in [6, 6.07) is 0. The van der Waals surface area contributed by atoms with Crippen molar-refractivity contribution in [2.45, 2.75) is 32.6 Å². The minimum absolute atomic E-state index is 0.176. The van der Waals surface area contributed by atoms with Gasteiger partial charge in [0.1, 0.15) is 0 Å². The van der Waals surface area contributed by atoms with E-state index in [0.29, 0.717) is 6.54 Å². The zero-order valence-corrected chi connectivity index (χ0v) is 13.1. The van der Waals surface area contributed by atoms with Crippen LogP contribution in [-0.2, 0) is 9.53 Å². The number of hydrogen-bond acceptors (Lipinski definition) is 4. The number of hydrogen-bond donors (Lipinski definition) is 2. The van der Waals surface area contributed by atoms with Crippen LogP contribution in [0.4, 0.5) is 0 Å². The van der Waals surface area contributed by atoms with Crippen molar-refractivity contribution >= 4 is 5.91 Å². The predicted octanol–water partition coefficient (Wildman–Crippen LogP) is 0.851. The summed E-state index contributed by atoms with van der Waals surface area (Å²) in [5.41, 5.74) is 0. The summed E-state index contributed by atoms with van der Waals surface area (Å²) in [5.74, 6) is 0.918. The number of ether oxygens (including phenoxy) is 1. The molecule has 20 heavy (non-hydrogen) atoms. The van der Waals surface area contributed by atoms with E-state index in [-0.39, 0.29) is 5.91 Å². The van der Waals surface area contributed by atoms with Gasteiger partial charge in [-0.1, -0.05) is 13.3 Å². The van der Waals surface area contributed by atoms with Crippen molar-refractivity contribution in [3.05, 3.63) is 0 Å². The molecule has 0 unspecified atom stereocenters. The highest BCUT2D eigenvalue weighted by atomic mass is 16.5. The monoisotopic (exact) mass is 285 g/mol. The number of rotatable bonds is 10. The molecule has 5 heteroatoms. The first-order valence-electron chi connectivity index (χ1n) is 7.95. The molecule has 0 aromatic heterocycles. The first-order valence-corrected chi connectivity index (χ1v) is 7.95. The lowest BCUT2D eigenvalue weighted by Crippen LogP contribution is -2.43. The van der Waals surface area contributed by atoms with Gasteiger partial charge in [-0.2, -0.15) is 0 Å². The van der Waals surface area contributed by atoms with Crippen LogP contribution in [0.25, 0.3) is 0 Å². The molecule has 0 spiro atoms. The Hall–Kier alpha value is -0.650. The minimum atomic E-state index is 0.176. The maximum atomic E-state index is 11.7. The van der Waals surface area contributed by atoms with Crippen LogP contribution in [0.5, 0.6) is 0 Å². The average Bonchev–Trinajstić information content (AvgIpc) is 2.46. The smallest absolute Gasteiger partial charge is 0.234 e. The number of unbranched alkanes of at least 4 members (excludes halogenated alkanes) is 1. The maximum Gasteiger partial charge on any atom is 0.234 e. The molecule has 1 amide bonds. The molecular weight excluding hydrogens is 254 g/mol. The summed E-state index contributed by atoms with van der Waals surface area (Å²) in [5, 5.41) is 6.41. The van der Waals surface area contributed by atoms with Crippen LogP contribution in [0.15, 0.2) is 0 Å². The lowest BCUT2D eigenvalue weighted by molar-refractivity contribution is -0.122. The van der Waals surface area contributed by atoms with Crippen LogP contribution < -0.4 is 10.6 Å². The summed E-state index contributed by atoms with van der Waals surface area (Å²) in [6.07, 6.45) is 4.56. The zero-order chi connectivity index (χ0) is 14.6. The Kier molecular flexibility index (Phi) is 9.62. The van der Waals surface area contributed by atoms with E-state index in [2.05, 4.69) is 22.5 Å². The van der Waals surface area contributed by atoms with E-state index in [1.54, 1.807) is 7.11 Å². The van der Waals surface area contributed by atoms with Gasteiger partial charge in [0.25, 0.3) is 0 Å². The molecule has 0 bridgehead atoms. The van der Waals surface area contributed by atoms with Gasteiger partial charge in [0.2, 0.25) is 5.91 Å². The molecular formula is C15H31N3O2. The Bertz CT molecular complexity index is 254. The second-order valence-corrected chi connectivity index (χ2v) is 5.62. The van der Waals surface area contributed by atoms with Gasteiger partial charge in [0, 0.05) is 20.2 Å².